The van der Waals surface area contributed by atoms with Crippen molar-refractivity contribution in [2.45, 2.75) is 12.3 Å². The van der Waals surface area contributed by atoms with E-state index in [1.807, 2.05) is 24.3 Å². The van der Waals surface area contributed by atoms with Gasteiger partial charge in [0, 0.05) is 12.3 Å². The van der Waals surface area contributed by atoms with Gasteiger partial charge in [-0.15, -0.1) is 0 Å². The number of nitriles is 1. The summed E-state index contributed by atoms with van der Waals surface area (Å²) in [4.78, 5) is 25.5. The van der Waals surface area contributed by atoms with Gasteiger partial charge in [-0.05, 0) is 28.8 Å². The first kappa shape index (κ1) is 16.7. The van der Waals surface area contributed by atoms with E-state index in [0.717, 1.165) is 16.7 Å². The second-order valence-corrected chi connectivity index (χ2v) is 6.00. The Labute approximate surface area is 145 Å². The van der Waals surface area contributed by atoms with Crippen LogP contribution in [0.1, 0.15) is 28.2 Å². The van der Waals surface area contributed by atoms with Gasteiger partial charge in [0.05, 0.1) is 25.9 Å². The minimum absolute atomic E-state index is 0.215. The highest BCUT2D eigenvalue weighted by Crippen LogP contribution is 2.52. The Morgan fingerprint density at radius 1 is 1.04 bits per heavy atom. The largest absolute Gasteiger partial charge is 0.468 e. The molecule has 0 saturated heterocycles. The molecule has 1 aliphatic rings. The van der Waals surface area contributed by atoms with Crippen molar-refractivity contribution in [3.63, 3.8) is 0 Å². The van der Waals surface area contributed by atoms with Crippen molar-refractivity contribution in [3.05, 3.63) is 70.8 Å². The summed E-state index contributed by atoms with van der Waals surface area (Å²) in [5, 5.41) is 9.01. The molecule has 2 aromatic carbocycles. The summed E-state index contributed by atoms with van der Waals surface area (Å²) >= 11 is 0. The van der Waals surface area contributed by atoms with Crippen LogP contribution in [0.5, 0.6) is 0 Å². The molecule has 0 aromatic heterocycles. The molecule has 1 aliphatic carbocycles. The lowest BCUT2D eigenvalue weighted by Gasteiger charge is -2.30. The third kappa shape index (κ3) is 2.47. The summed E-state index contributed by atoms with van der Waals surface area (Å²) in [5.74, 6) is -1.77. The highest BCUT2D eigenvalue weighted by atomic mass is 16.5. The molecule has 25 heavy (non-hydrogen) atoms. The number of benzene rings is 2. The van der Waals surface area contributed by atoms with Crippen molar-refractivity contribution in [3.8, 4) is 6.07 Å². The number of hydrogen-bond donors (Lipinski definition) is 0. The third-order valence-corrected chi connectivity index (χ3v) is 4.80. The average molecular weight is 335 g/mol. The molecular formula is C20H17NO4. The first-order valence-electron chi connectivity index (χ1n) is 7.83. The van der Waals surface area contributed by atoms with Crippen LogP contribution in [0.25, 0.3) is 0 Å². The molecular weight excluding hydrogens is 318 g/mol. The van der Waals surface area contributed by atoms with Crippen LogP contribution < -0.4 is 0 Å². The molecule has 0 heterocycles. The molecule has 0 fully saturated rings. The van der Waals surface area contributed by atoms with Gasteiger partial charge in [-0.2, -0.15) is 5.26 Å². The van der Waals surface area contributed by atoms with Gasteiger partial charge in [0.2, 0.25) is 0 Å². The van der Waals surface area contributed by atoms with E-state index in [0.29, 0.717) is 5.56 Å². The number of hydrogen-bond acceptors (Lipinski definition) is 5. The zero-order chi connectivity index (χ0) is 18.0. The zero-order valence-corrected chi connectivity index (χ0v) is 14.0. The normalized spacial score (nSPS) is 17.2. The van der Waals surface area contributed by atoms with E-state index in [-0.39, 0.29) is 6.42 Å². The molecule has 0 spiro atoms. The number of ether oxygens (including phenoxy) is 2. The fourth-order valence-electron chi connectivity index (χ4n) is 3.69. The maximum atomic E-state index is 12.7. The number of esters is 2. The minimum atomic E-state index is -1.47. The summed E-state index contributed by atoms with van der Waals surface area (Å²) in [6, 6.07) is 16.5. The van der Waals surface area contributed by atoms with Crippen LogP contribution in [-0.4, -0.2) is 26.2 Å². The van der Waals surface area contributed by atoms with Gasteiger partial charge in [-0.3, -0.25) is 9.59 Å². The fourth-order valence-corrected chi connectivity index (χ4v) is 3.69. The number of carbonyl (C=O) groups is 2. The SMILES string of the molecule is COC(=O)C1(C(=O)OC)Cc2ccccc2C1c1ccc(C#N)cc1. The Bertz CT molecular complexity index is 848. The number of methoxy groups -OCH3 is 2. The van der Waals surface area contributed by atoms with E-state index in [1.165, 1.54) is 14.2 Å². The highest BCUT2D eigenvalue weighted by Gasteiger charge is 2.59. The Hall–Kier alpha value is -3.13. The first-order chi connectivity index (χ1) is 12.1. The van der Waals surface area contributed by atoms with Gasteiger partial charge in [-0.25, -0.2) is 0 Å². The van der Waals surface area contributed by atoms with Gasteiger partial charge in [0.15, 0.2) is 5.41 Å². The fraction of sp³-hybridized carbons (Fsp3) is 0.250. The van der Waals surface area contributed by atoms with Crippen molar-refractivity contribution in [1.29, 1.82) is 5.26 Å². The van der Waals surface area contributed by atoms with Gasteiger partial charge >= 0.3 is 11.9 Å². The molecule has 1 atom stereocenters. The summed E-state index contributed by atoms with van der Waals surface area (Å²) in [7, 11) is 2.54. The van der Waals surface area contributed by atoms with Crippen LogP contribution in [-0.2, 0) is 25.5 Å². The maximum Gasteiger partial charge on any atom is 0.324 e. The number of nitrogens with zero attached hydrogens (tertiary/aromatic N) is 1. The maximum absolute atomic E-state index is 12.7. The molecule has 0 N–H and O–H groups in total. The highest BCUT2D eigenvalue weighted by molar-refractivity contribution is 6.03. The van der Waals surface area contributed by atoms with Crippen LogP contribution in [0, 0.1) is 16.7 Å². The molecule has 3 rings (SSSR count). The predicted octanol–water partition coefficient (Wildman–Crippen LogP) is 2.58. The van der Waals surface area contributed by atoms with Gasteiger partial charge < -0.3 is 9.47 Å². The standard InChI is InChI=1S/C20H17NO4/c1-24-18(22)20(19(23)25-2)11-15-5-3-4-6-16(15)17(20)14-9-7-13(12-21)8-10-14/h3-10,17H,11H2,1-2H3. The van der Waals surface area contributed by atoms with Crippen LogP contribution in [0.3, 0.4) is 0 Å². The Morgan fingerprint density at radius 3 is 2.20 bits per heavy atom. The van der Waals surface area contributed by atoms with Gasteiger partial charge in [0.25, 0.3) is 0 Å². The summed E-state index contributed by atoms with van der Waals surface area (Å²) < 4.78 is 9.99. The monoisotopic (exact) mass is 335 g/mol. The van der Waals surface area contributed by atoms with Crippen LogP contribution in [0.4, 0.5) is 0 Å². The van der Waals surface area contributed by atoms with Crippen molar-refractivity contribution in [2.75, 3.05) is 14.2 Å². The van der Waals surface area contributed by atoms with E-state index in [4.69, 9.17) is 14.7 Å². The third-order valence-electron chi connectivity index (χ3n) is 4.80. The lowest BCUT2D eigenvalue weighted by molar-refractivity contribution is -0.169. The van der Waals surface area contributed by atoms with E-state index < -0.39 is 23.3 Å². The van der Waals surface area contributed by atoms with Crippen molar-refractivity contribution < 1.29 is 19.1 Å². The molecule has 1 unspecified atom stereocenters. The summed E-state index contributed by atoms with van der Waals surface area (Å²) in [6.07, 6.45) is 0.215. The van der Waals surface area contributed by atoms with Gasteiger partial charge in [0.1, 0.15) is 0 Å². The minimum Gasteiger partial charge on any atom is -0.468 e. The quantitative estimate of drug-likeness (QED) is 0.636. The summed E-state index contributed by atoms with van der Waals surface area (Å²) in [6.45, 7) is 0. The van der Waals surface area contributed by atoms with Crippen LogP contribution >= 0.6 is 0 Å². The molecule has 5 nitrogen and oxygen atoms in total. The van der Waals surface area contributed by atoms with Crippen molar-refractivity contribution >= 4 is 11.9 Å². The second-order valence-electron chi connectivity index (χ2n) is 6.00. The van der Waals surface area contributed by atoms with Crippen molar-refractivity contribution in [2.24, 2.45) is 5.41 Å². The van der Waals surface area contributed by atoms with E-state index >= 15 is 0 Å². The van der Waals surface area contributed by atoms with E-state index in [1.54, 1.807) is 24.3 Å². The Kier molecular flexibility index (Phi) is 4.28. The summed E-state index contributed by atoms with van der Waals surface area (Å²) in [5.41, 5.74) is 1.61. The van der Waals surface area contributed by atoms with Gasteiger partial charge in [-0.1, -0.05) is 36.4 Å². The molecule has 5 heteroatoms. The lowest BCUT2D eigenvalue weighted by Crippen LogP contribution is -2.45. The Morgan fingerprint density at radius 2 is 1.64 bits per heavy atom. The van der Waals surface area contributed by atoms with Crippen molar-refractivity contribution in [1.82, 2.24) is 0 Å². The molecule has 0 bridgehead atoms. The Balaban J connectivity index is 2.24. The predicted molar refractivity (Wildman–Crippen MR) is 89.6 cm³/mol. The van der Waals surface area contributed by atoms with Crippen LogP contribution in [0.2, 0.25) is 0 Å². The molecule has 0 radical (unpaired) electrons. The topological polar surface area (TPSA) is 76.4 Å². The number of carbonyl (C=O) groups excluding carboxylic acids is 2. The lowest BCUT2D eigenvalue weighted by atomic mass is 9.72. The average Bonchev–Trinajstić information content (AvgIpc) is 3.02. The van der Waals surface area contributed by atoms with E-state index in [2.05, 4.69) is 6.07 Å². The first-order valence-corrected chi connectivity index (χ1v) is 7.83. The van der Waals surface area contributed by atoms with Crippen LogP contribution in [0.15, 0.2) is 48.5 Å². The molecule has 0 aliphatic heterocycles. The molecule has 2 aromatic rings. The second kappa shape index (κ2) is 6.40. The number of fused-ring (bicyclic) bond motifs is 1. The van der Waals surface area contributed by atoms with E-state index in [9.17, 15) is 9.59 Å². The zero-order valence-electron chi connectivity index (χ0n) is 14.0. The smallest absolute Gasteiger partial charge is 0.324 e. The molecule has 126 valence electrons. The molecule has 0 saturated carbocycles. The molecule has 0 amide bonds. The number of rotatable bonds is 3.